The van der Waals surface area contributed by atoms with Gasteiger partial charge in [-0.2, -0.15) is 0 Å². The van der Waals surface area contributed by atoms with Gasteiger partial charge >= 0.3 is 6.16 Å². The van der Waals surface area contributed by atoms with Crippen LogP contribution in [0.2, 0.25) is 0 Å². The Morgan fingerprint density at radius 3 is 2.00 bits per heavy atom. The number of carbonyl (C=O) groups is 6. The third-order valence-electron chi connectivity index (χ3n) is 10.9. The van der Waals surface area contributed by atoms with Crippen molar-refractivity contribution in [2.75, 3.05) is 43.9 Å². The number of amides is 2. The lowest BCUT2D eigenvalue weighted by Gasteiger charge is -2.32. The molecule has 0 aromatic heterocycles. The highest BCUT2D eigenvalue weighted by molar-refractivity contribution is 14.1. The van der Waals surface area contributed by atoms with Crippen LogP contribution in [0.1, 0.15) is 97.1 Å². The first-order valence-electron chi connectivity index (χ1n) is 22.1. The second-order valence-electron chi connectivity index (χ2n) is 17.4. The fourth-order valence-electron chi connectivity index (χ4n) is 7.44. The molecule has 340 valence electrons. The maximum Gasteiger partial charge on any atom is 0.509 e. The molecule has 1 fully saturated rings. The van der Waals surface area contributed by atoms with Gasteiger partial charge in [-0.25, -0.2) is 4.79 Å². The summed E-state index contributed by atoms with van der Waals surface area (Å²) in [5.74, 6) is -0.762. The molecule has 5 atom stereocenters. The van der Waals surface area contributed by atoms with Crippen LogP contribution in [0.4, 0.5) is 4.79 Å². The number of hydrogen-bond donors (Lipinski definition) is 2. The summed E-state index contributed by atoms with van der Waals surface area (Å²) in [4.78, 5) is 85.5. The topological polar surface area (TPSA) is 157 Å². The van der Waals surface area contributed by atoms with E-state index in [9.17, 15) is 28.8 Å². The quantitative estimate of drug-likeness (QED) is 0.0296. The normalized spacial score (nSPS) is 15.9. The third-order valence-corrected chi connectivity index (χ3v) is 12.3. The Bertz CT molecular complexity index is 1760. The lowest BCUT2D eigenvalue weighted by molar-refractivity contribution is -0.142. The van der Waals surface area contributed by atoms with Gasteiger partial charge < -0.3 is 24.8 Å². The standard InChI is InChI=1S/C49H68IN3O9/c1-7-8-9-16-25-61-48(59)62-49(6,34-50)45(56)43(29-36(4)5)52-47(58)40(30-38-19-14-11-15-20-38)32-44(55)42(28-35(2)3)51-46(57)39(22-21-37-17-12-10-13-18-37)31-41(54)33-53-23-26-60-27-24-53/h1,10-15,17-20,35-36,39-40,42-43H,8-9,16,21-34H2,2-6H3,(H,51,57)(H,52,58)/t39-,40-,42+,43+,49-/m1/s1. The number of benzene rings is 2. The number of nitrogens with one attached hydrogen (secondary N) is 2. The molecule has 2 N–H and O–H groups in total. The van der Waals surface area contributed by atoms with Crippen LogP contribution in [0.15, 0.2) is 60.7 Å². The number of ketones is 3. The number of morpholine rings is 1. The molecule has 12 nitrogen and oxygen atoms in total. The molecular formula is C49H68IN3O9. The zero-order chi connectivity index (χ0) is 45.5. The van der Waals surface area contributed by atoms with Crippen LogP contribution >= 0.6 is 22.6 Å². The van der Waals surface area contributed by atoms with Crippen molar-refractivity contribution >= 4 is 57.9 Å². The average Bonchev–Trinajstić information content (AvgIpc) is 3.24. The van der Waals surface area contributed by atoms with Gasteiger partial charge in [-0.3, -0.25) is 28.9 Å². The van der Waals surface area contributed by atoms with Gasteiger partial charge in [0.1, 0.15) is 5.78 Å². The van der Waals surface area contributed by atoms with E-state index in [1.165, 1.54) is 6.92 Å². The molecular weight excluding hydrogens is 901 g/mol. The third kappa shape index (κ3) is 19.1. The van der Waals surface area contributed by atoms with E-state index in [-0.39, 0.29) is 72.6 Å². The van der Waals surface area contributed by atoms with Crippen LogP contribution in [0.25, 0.3) is 0 Å². The minimum absolute atomic E-state index is 0.0185. The predicted octanol–water partition coefficient (Wildman–Crippen LogP) is 7.13. The van der Waals surface area contributed by atoms with Gasteiger partial charge in [-0.1, -0.05) is 111 Å². The van der Waals surface area contributed by atoms with Crippen LogP contribution in [0, 0.1) is 36.0 Å². The molecule has 0 saturated carbocycles. The van der Waals surface area contributed by atoms with Gasteiger partial charge in [0, 0.05) is 48.6 Å². The van der Waals surface area contributed by atoms with Crippen LogP contribution in [0.3, 0.4) is 0 Å². The van der Waals surface area contributed by atoms with Crippen molar-refractivity contribution in [3.05, 3.63) is 71.8 Å². The van der Waals surface area contributed by atoms with Crippen LogP contribution < -0.4 is 10.6 Å². The number of unbranched alkanes of at least 4 members (excludes halogenated alkanes) is 2. The molecule has 13 heteroatoms. The molecule has 3 rings (SSSR count). The van der Waals surface area contributed by atoms with E-state index in [1.54, 1.807) is 0 Å². The molecule has 0 bridgehead atoms. The molecule has 0 spiro atoms. The lowest BCUT2D eigenvalue weighted by atomic mass is 9.87. The number of ether oxygens (including phenoxy) is 3. The first-order valence-corrected chi connectivity index (χ1v) is 23.6. The molecule has 0 aliphatic carbocycles. The second-order valence-corrected chi connectivity index (χ2v) is 18.1. The number of carbonyl (C=O) groups excluding carboxylic acids is 6. The van der Waals surface area contributed by atoms with Gasteiger partial charge in [-0.15, -0.1) is 12.3 Å². The Kier molecular flexibility index (Phi) is 23.4. The minimum Gasteiger partial charge on any atom is -0.434 e. The molecule has 62 heavy (non-hydrogen) atoms. The fourth-order valence-corrected chi connectivity index (χ4v) is 7.97. The summed E-state index contributed by atoms with van der Waals surface area (Å²) in [5.41, 5.74) is 0.255. The van der Waals surface area contributed by atoms with Crippen molar-refractivity contribution in [3.8, 4) is 12.3 Å². The summed E-state index contributed by atoms with van der Waals surface area (Å²) >= 11 is 1.98. The van der Waals surface area contributed by atoms with E-state index >= 15 is 0 Å². The molecule has 2 aromatic carbocycles. The predicted molar refractivity (Wildman–Crippen MR) is 249 cm³/mol. The zero-order valence-electron chi connectivity index (χ0n) is 37.3. The monoisotopic (exact) mass is 969 g/mol. The minimum atomic E-state index is -1.61. The highest BCUT2D eigenvalue weighted by Gasteiger charge is 2.43. The van der Waals surface area contributed by atoms with E-state index in [1.807, 2.05) is 116 Å². The summed E-state index contributed by atoms with van der Waals surface area (Å²) in [7, 11) is 0. The maximum atomic E-state index is 14.4. The number of hydrogen-bond acceptors (Lipinski definition) is 10. The van der Waals surface area contributed by atoms with E-state index in [0.717, 1.165) is 11.1 Å². The van der Waals surface area contributed by atoms with Crippen molar-refractivity contribution in [2.45, 2.75) is 117 Å². The number of alkyl halides is 1. The number of rotatable bonds is 28. The summed E-state index contributed by atoms with van der Waals surface area (Å²) in [6, 6.07) is 17.1. The molecule has 2 aromatic rings. The van der Waals surface area contributed by atoms with Crippen molar-refractivity contribution < 1.29 is 43.0 Å². The fraction of sp³-hybridized carbons (Fsp3) is 0.592. The lowest BCUT2D eigenvalue weighted by Crippen LogP contribution is -2.55. The van der Waals surface area contributed by atoms with Crippen molar-refractivity contribution in [1.29, 1.82) is 0 Å². The highest BCUT2D eigenvalue weighted by Crippen LogP contribution is 2.24. The van der Waals surface area contributed by atoms with E-state index in [2.05, 4.69) is 16.6 Å². The first-order chi connectivity index (χ1) is 29.6. The molecule has 1 saturated heterocycles. The molecule has 1 aliphatic heterocycles. The summed E-state index contributed by atoms with van der Waals surface area (Å²) < 4.78 is 16.4. The summed E-state index contributed by atoms with van der Waals surface area (Å²) in [5, 5.41) is 5.97. The average molecular weight is 970 g/mol. The number of terminal acetylenes is 1. The molecule has 0 radical (unpaired) electrons. The van der Waals surface area contributed by atoms with Crippen LogP contribution in [-0.4, -0.2) is 102 Å². The van der Waals surface area contributed by atoms with Crippen molar-refractivity contribution in [1.82, 2.24) is 15.5 Å². The summed E-state index contributed by atoms with van der Waals surface area (Å²) in [6.07, 6.45) is 7.71. The molecule has 1 aliphatic rings. The smallest absolute Gasteiger partial charge is 0.434 e. The Labute approximate surface area is 382 Å². The largest absolute Gasteiger partial charge is 0.509 e. The van der Waals surface area contributed by atoms with Crippen LogP contribution in [-0.2, 0) is 51.0 Å². The first kappa shape index (κ1) is 52.2. The highest BCUT2D eigenvalue weighted by atomic mass is 127. The number of Topliss-reactive ketones (excluding diaryl/α,β-unsaturated/α-hetero) is 3. The van der Waals surface area contributed by atoms with Crippen molar-refractivity contribution in [3.63, 3.8) is 0 Å². The van der Waals surface area contributed by atoms with E-state index in [4.69, 9.17) is 20.6 Å². The van der Waals surface area contributed by atoms with Gasteiger partial charge in [0.05, 0.1) is 38.4 Å². The van der Waals surface area contributed by atoms with E-state index < -0.39 is 47.4 Å². The van der Waals surface area contributed by atoms with Crippen LogP contribution in [0.5, 0.6) is 0 Å². The molecule has 1 heterocycles. The van der Waals surface area contributed by atoms with Gasteiger partial charge in [0.2, 0.25) is 11.8 Å². The Hall–Kier alpha value is -4.13. The number of aryl methyl sites for hydroxylation is 1. The molecule has 2 amide bonds. The number of nitrogens with zero attached hydrogens (tertiary/aromatic N) is 1. The van der Waals surface area contributed by atoms with Crippen molar-refractivity contribution in [2.24, 2.45) is 23.7 Å². The zero-order valence-corrected chi connectivity index (χ0v) is 39.5. The number of halogens is 1. The SMILES string of the molecule is C#CCCCCOC(=O)O[C@](C)(CI)C(=O)[C@H](CC(C)C)NC(=O)[C@@H](CC(=O)[C@H](CC(C)C)NC(=O)[C@H](CCc1ccccc1)CC(=O)CN1CCOCC1)Cc1ccccc1. The second kappa shape index (κ2) is 27.8. The molecule has 0 unspecified atom stereocenters. The Balaban J connectivity index is 1.84. The Morgan fingerprint density at radius 2 is 1.40 bits per heavy atom. The summed E-state index contributed by atoms with van der Waals surface area (Å²) in [6.45, 7) is 12.0. The van der Waals surface area contributed by atoms with E-state index in [0.29, 0.717) is 64.8 Å². The van der Waals surface area contributed by atoms with Gasteiger partial charge in [-0.05, 0) is 74.8 Å². The Morgan fingerprint density at radius 1 is 0.823 bits per heavy atom. The maximum absolute atomic E-state index is 14.4. The van der Waals surface area contributed by atoms with Gasteiger partial charge in [0.15, 0.2) is 17.2 Å². The van der Waals surface area contributed by atoms with Gasteiger partial charge in [0.25, 0.3) is 0 Å².